The Morgan fingerprint density at radius 1 is 0.967 bits per heavy atom. The van der Waals surface area contributed by atoms with Crippen molar-refractivity contribution in [3.05, 3.63) is 71.3 Å². The molecule has 3 N–H and O–H groups in total. The molecule has 0 fully saturated rings. The molecule has 2 aromatic rings. The van der Waals surface area contributed by atoms with Gasteiger partial charge in [0.25, 0.3) is 0 Å². The van der Waals surface area contributed by atoms with Gasteiger partial charge >= 0.3 is 0 Å². The molecule has 2 aromatic carbocycles. The van der Waals surface area contributed by atoms with Crippen LogP contribution in [-0.4, -0.2) is 34.5 Å². The van der Waals surface area contributed by atoms with E-state index in [1.807, 2.05) is 49.4 Å². The highest BCUT2D eigenvalue weighted by atomic mass is 32.2. The zero-order valence-electron chi connectivity index (χ0n) is 17.3. The summed E-state index contributed by atoms with van der Waals surface area (Å²) in [5, 5.41) is 2.76. The second-order valence-electron chi connectivity index (χ2n) is 7.15. The third kappa shape index (κ3) is 8.63. The molecule has 0 radical (unpaired) electrons. The number of rotatable bonds is 11. The number of nitrogens with one attached hydrogen (secondary N) is 1. The van der Waals surface area contributed by atoms with E-state index < -0.39 is 17.9 Å². The zero-order valence-corrected chi connectivity index (χ0v) is 18.9. The van der Waals surface area contributed by atoms with E-state index in [4.69, 9.17) is 5.73 Å². The van der Waals surface area contributed by atoms with Crippen LogP contribution in [0, 0.1) is 12.8 Å². The first-order valence-electron chi connectivity index (χ1n) is 9.75. The number of amides is 2. The summed E-state index contributed by atoms with van der Waals surface area (Å²) in [7, 11) is 0. The smallest absolute Gasteiger partial charge is 0.240 e. The molecular weight excluding hydrogens is 416 g/mol. The highest BCUT2D eigenvalue weighted by Crippen LogP contribution is 2.18. The number of primary amides is 1. The van der Waals surface area contributed by atoms with Crippen LogP contribution in [0.2, 0.25) is 0 Å². The number of carbonyl (C=O) groups is 3. The third-order valence-electron chi connectivity index (χ3n) is 4.52. The number of carbonyl (C=O) groups excluding carboxylic acids is 3. The lowest BCUT2D eigenvalue weighted by Gasteiger charge is -2.20. The highest BCUT2D eigenvalue weighted by molar-refractivity contribution is 8.13. The molecule has 0 aromatic heterocycles. The molecule has 2 rings (SSSR count). The summed E-state index contributed by atoms with van der Waals surface area (Å²) >= 11 is 2.67. The lowest BCUT2D eigenvalue weighted by atomic mass is 10.00. The first-order chi connectivity index (χ1) is 14.3. The fourth-order valence-electron chi connectivity index (χ4n) is 2.81. The van der Waals surface area contributed by atoms with Gasteiger partial charge in [-0.2, -0.15) is 11.8 Å². The molecule has 0 saturated carbocycles. The van der Waals surface area contributed by atoms with Crippen LogP contribution < -0.4 is 11.1 Å². The van der Waals surface area contributed by atoms with Crippen molar-refractivity contribution in [3.8, 4) is 0 Å². The Labute approximate surface area is 186 Å². The molecule has 0 aliphatic carbocycles. The minimum Gasteiger partial charge on any atom is -0.368 e. The van der Waals surface area contributed by atoms with Crippen molar-refractivity contribution in [2.75, 3.05) is 11.5 Å². The zero-order chi connectivity index (χ0) is 21.9. The van der Waals surface area contributed by atoms with Gasteiger partial charge in [-0.15, -0.1) is 0 Å². The van der Waals surface area contributed by atoms with Crippen molar-refractivity contribution in [2.24, 2.45) is 11.7 Å². The standard InChI is InChI=1S/C23H28N2O3S2/c1-16-8-10-19(11-9-16)13-29-15-21(22(24)27)25-23(28)20(14-30-17(2)26)12-18-6-4-3-5-7-18/h3-11,20-21H,12-15H2,1-2H3,(H2,24,27)(H,25,28)/t20-,21+/m1/s1. The lowest BCUT2D eigenvalue weighted by Crippen LogP contribution is -2.48. The summed E-state index contributed by atoms with van der Waals surface area (Å²) < 4.78 is 0. The summed E-state index contributed by atoms with van der Waals surface area (Å²) in [6.45, 7) is 3.52. The van der Waals surface area contributed by atoms with Crippen LogP contribution in [0.3, 0.4) is 0 Å². The summed E-state index contributed by atoms with van der Waals surface area (Å²) in [4.78, 5) is 36.2. The number of benzene rings is 2. The minimum atomic E-state index is -0.756. The van der Waals surface area contributed by atoms with E-state index in [9.17, 15) is 14.4 Å². The summed E-state index contributed by atoms with van der Waals surface area (Å²) in [5.41, 5.74) is 8.88. The lowest BCUT2D eigenvalue weighted by molar-refractivity contribution is -0.129. The Bertz CT molecular complexity index is 841. The minimum absolute atomic E-state index is 0.0408. The SMILES string of the molecule is CC(=O)SC[C@@H](Cc1ccccc1)C(=O)N[C@@H](CSCc1ccc(C)cc1)C(N)=O. The van der Waals surface area contributed by atoms with Crippen LogP contribution >= 0.6 is 23.5 Å². The van der Waals surface area contributed by atoms with Crippen molar-refractivity contribution in [3.63, 3.8) is 0 Å². The molecular formula is C23H28N2O3S2. The van der Waals surface area contributed by atoms with Gasteiger partial charge in [0.15, 0.2) is 5.12 Å². The summed E-state index contributed by atoms with van der Waals surface area (Å²) in [6, 6.07) is 17.1. The van der Waals surface area contributed by atoms with Gasteiger partial charge in [-0.05, 0) is 24.5 Å². The fraction of sp³-hybridized carbons (Fsp3) is 0.348. The number of aryl methyl sites for hydroxylation is 1. The van der Waals surface area contributed by atoms with E-state index >= 15 is 0 Å². The van der Waals surface area contributed by atoms with Gasteiger partial charge in [0, 0.05) is 24.2 Å². The Morgan fingerprint density at radius 2 is 1.63 bits per heavy atom. The predicted octanol–water partition coefficient (Wildman–Crippen LogP) is 3.34. The predicted molar refractivity (Wildman–Crippen MR) is 125 cm³/mol. The Kier molecular flexibility index (Phi) is 9.97. The highest BCUT2D eigenvalue weighted by Gasteiger charge is 2.25. The Balaban J connectivity index is 1.96. The van der Waals surface area contributed by atoms with Crippen LogP contribution in [0.25, 0.3) is 0 Å². The molecule has 0 heterocycles. The molecule has 2 amide bonds. The van der Waals surface area contributed by atoms with Gasteiger partial charge in [-0.1, -0.05) is 71.9 Å². The van der Waals surface area contributed by atoms with Crippen molar-refractivity contribution >= 4 is 40.5 Å². The number of nitrogens with two attached hydrogens (primary N) is 1. The fourth-order valence-corrected chi connectivity index (χ4v) is 4.54. The maximum Gasteiger partial charge on any atom is 0.240 e. The van der Waals surface area contributed by atoms with Crippen LogP contribution in [-0.2, 0) is 26.6 Å². The Hall–Kier alpha value is -2.25. The van der Waals surface area contributed by atoms with E-state index in [0.717, 1.165) is 28.6 Å². The summed E-state index contributed by atoms with van der Waals surface area (Å²) in [6.07, 6.45) is 0.495. The van der Waals surface area contributed by atoms with Gasteiger partial charge in [0.05, 0.1) is 5.92 Å². The number of thioether (sulfide) groups is 2. The molecule has 30 heavy (non-hydrogen) atoms. The monoisotopic (exact) mass is 444 g/mol. The molecule has 0 spiro atoms. The molecule has 160 valence electrons. The first-order valence-corrected chi connectivity index (χ1v) is 11.9. The van der Waals surface area contributed by atoms with Gasteiger partial charge in [-0.3, -0.25) is 14.4 Å². The maximum atomic E-state index is 12.9. The van der Waals surface area contributed by atoms with Gasteiger partial charge in [-0.25, -0.2) is 0 Å². The molecule has 0 aliphatic rings. The number of hydrogen-bond acceptors (Lipinski definition) is 5. The second kappa shape index (κ2) is 12.4. The summed E-state index contributed by atoms with van der Waals surface area (Å²) in [5.74, 6) is 0.244. The van der Waals surface area contributed by atoms with E-state index in [-0.39, 0.29) is 11.0 Å². The molecule has 0 bridgehead atoms. The van der Waals surface area contributed by atoms with Crippen molar-refractivity contribution in [1.82, 2.24) is 5.32 Å². The van der Waals surface area contributed by atoms with E-state index in [2.05, 4.69) is 17.4 Å². The molecule has 2 atom stereocenters. The topological polar surface area (TPSA) is 89.3 Å². The Morgan fingerprint density at radius 3 is 2.23 bits per heavy atom. The van der Waals surface area contributed by atoms with Crippen molar-refractivity contribution in [2.45, 2.75) is 32.1 Å². The number of hydrogen-bond donors (Lipinski definition) is 2. The maximum absolute atomic E-state index is 12.9. The van der Waals surface area contributed by atoms with Crippen molar-refractivity contribution < 1.29 is 14.4 Å². The molecule has 0 saturated heterocycles. The van der Waals surface area contributed by atoms with Crippen LogP contribution in [0.4, 0.5) is 0 Å². The average Bonchev–Trinajstić information content (AvgIpc) is 2.72. The van der Waals surface area contributed by atoms with Crippen LogP contribution in [0.1, 0.15) is 23.6 Å². The van der Waals surface area contributed by atoms with E-state index in [0.29, 0.717) is 17.9 Å². The quantitative estimate of drug-likeness (QED) is 0.555. The van der Waals surface area contributed by atoms with Crippen LogP contribution in [0.15, 0.2) is 54.6 Å². The largest absolute Gasteiger partial charge is 0.368 e. The molecule has 0 unspecified atom stereocenters. The van der Waals surface area contributed by atoms with Gasteiger partial charge in [0.1, 0.15) is 6.04 Å². The van der Waals surface area contributed by atoms with Gasteiger partial charge in [0.2, 0.25) is 11.8 Å². The first kappa shape index (κ1) is 24.0. The second-order valence-corrected chi connectivity index (χ2v) is 9.38. The molecule has 5 nitrogen and oxygen atoms in total. The third-order valence-corrected chi connectivity index (χ3v) is 6.60. The van der Waals surface area contributed by atoms with Crippen molar-refractivity contribution in [1.29, 1.82) is 0 Å². The molecule has 0 aliphatic heterocycles. The van der Waals surface area contributed by atoms with Crippen LogP contribution in [0.5, 0.6) is 0 Å². The normalized spacial score (nSPS) is 12.7. The van der Waals surface area contributed by atoms with E-state index in [1.165, 1.54) is 12.5 Å². The van der Waals surface area contributed by atoms with E-state index in [1.54, 1.807) is 11.8 Å². The molecule has 7 heteroatoms. The average molecular weight is 445 g/mol. The van der Waals surface area contributed by atoms with Gasteiger partial charge < -0.3 is 11.1 Å².